The van der Waals surface area contributed by atoms with Crippen molar-refractivity contribution < 1.29 is 29.0 Å². The number of fused-ring (bicyclic) bond motifs is 2. The Morgan fingerprint density at radius 1 is 0.647 bits per heavy atom. The number of aryl methyl sites for hydroxylation is 2. The molecule has 2 unspecified atom stereocenters. The lowest BCUT2D eigenvalue weighted by atomic mass is 9.82. The minimum atomic E-state index is -0.907. The van der Waals surface area contributed by atoms with Gasteiger partial charge >= 0.3 is 11.9 Å². The monoisotopic (exact) mass is 958 g/mol. The van der Waals surface area contributed by atoms with E-state index in [4.69, 9.17) is 9.84 Å². The number of carboxylic acid groups (broad SMARTS) is 1. The number of rotatable bonds is 17. The van der Waals surface area contributed by atoms with Crippen LogP contribution < -0.4 is 10.6 Å². The van der Waals surface area contributed by atoms with Crippen molar-refractivity contribution in [1.82, 2.24) is 19.8 Å². The molecule has 2 saturated carbocycles. The molecule has 2 amide bonds. The number of ether oxygens (including phenoxy) is 1. The van der Waals surface area contributed by atoms with E-state index in [9.17, 15) is 19.2 Å². The molecule has 4 aromatic heterocycles. The van der Waals surface area contributed by atoms with Gasteiger partial charge in [-0.15, -0.1) is 22.7 Å². The Bertz CT molecular complexity index is 2630. The van der Waals surface area contributed by atoms with Gasteiger partial charge in [-0.25, -0.2) is 0 Å². The molecule has 2 aliphatic rings. The summed E-state index contributed by atoms with van der Waals surface area (Å²) in [6.45, 7) is 7.06. The molecule has 0 aliphatic heterocycles. The number of anilines is 2. The predicted molar refractivity (Wildman–Crippen MR) is 275 cm³/mol. The van der Waals surface area contributed by atoms with Crippen LogP contribution in [0.5, 0.6) is 0 Å². The maximum atomic E-state index is 12.8. The Hall–Kier alpha value is -5.86. The second-order valence-electron chi connectivity index (χ2n) is 18.3. The standard InChI is InChI=1S/C28H35N3O3S.C26H31N3O3S/c1-4-34-25(32)15-17-31(3)28(33)21-10-12-22(13-11-21)30-26(20-8-6-5-7-9-20)27-19(2)23-18-29-16-14-24(23)35-27;1-17-21-16-27-14-12-22(21)33-25(17)24(18-6-4-3-5-7-18)28-20-10-8-19(9-11-20)26(32)29(2)15-13-23(30)31/h10-14,16,18,20,26,30H,4-9,15,17H2,1-3H3;8-12,14,16,18,24,28H,3-7,13,15H2,1-2H3,(H,30,31). The molecule has 2 aliphatic carbocycles. The fraction of sp³-hybridized carbons (Fsp3) is 0.444. The number of amides is 2. The summed E-state index contributed by atoms with van der Waals surface area (Å²) >= 11 is 3.72. The average Bonchev–Trinajstić information content (AvgIpc) is 3.89. The van der Waals surface area contributed by atoms with E-state index >= 15 is 0 Å². The molecule has 3 N–H and O–H groups in total. The lowest BCUT2D eigenvalue weighted by molar-refractivity contribution is -0.143. The molecule has 0 radical (unpaired) electrons. The number of carbonyl (C=O) groups excluding carboxylic acids is 3. The van der Waals surface area contributed by atoms with Gasteiger partial charge in [-0.05, 0) is 130 Å². The zero-order valence-corrected chi connectivity index (χ0v) is 41.7. The van der Waals surface area contributed by atoms with Crippen molar-refractivity contribution in [3.63, 3.8) is 0 Å². The molecular formula is C54H66N6O6S2. The molecule has 0 saturated heterocycles. The third-order valence-electron chi connectivity index (χ3n) is 13.6. The molecular weight excluding hydrogens is 893 g/mol. The summed E-state index contributed by atoms with van der Waals surface area (Å²) in [4.78, 5) is 62.3. The fourth-order valence-electron chi connectivity index (χ4n) is 9.66. The number of carbonyl (C=O) groups is 4. The van der Waals surface area contributed by atoms with Crippen molar-refractivity contribution in [1.29, 1.82) is 0 Å². The van der Waals surface area contributed by atoms with Crippen LogP contribution in [0, 0.1) is 25.7 Å². The largest absolute Gasteiger partial charge is 0.481 e. The van der Waals surface area contributed by atoms with E-state index < -0.39 is 5.97 Å². The van der Waals surface area contributed by atoms with Crippen molar-refractivity contribution in [2.75, 3.05) is 44.4 Å². The smallest absolute Gasteiger partial charge is 0.307 e. The SMILES string of the molecule is CCOC(=O)CCN(C)C(=O)c1ccc(NC(c2sc3ccncc3c2C)C2CCCCC2)cc1.Cc1c(C(Nc2ccc(C(=O)N(C)CCC(=O)O)cc2)C2CCCCC2)sc2ccncc12. The summed E-state index contributed by atoms with van der Waals surface area (Å²) in [7, 11) is 3.35. The normalized spacial score (nSPS) is 15.2. The van der Waals surface area contributed by atoms with Crippen LogP contribution in [0.25, 0.3) is 20.2 Å². The van der Waals surface area contributed by atoms with Gasteiger partial charge in [-0.1, -0.05) is 38.5 Å². The Morgan fingerprint density at radius 3 is 1.44 bits per heavy atom. The van der Waals surface area contributed by atoms with Crippen LogP contribution in [0.3, 0.4) is 0 Å². The summed E-state index contributed by atoms with van der Waals surface area (Å²) in [5.74, 6) is -0.305. The molecule has 2 fully saturated rings. The van der Waals surface area contributed by atoms with Gasteiger partial charge in [0.2, 0.25) is 0 Å². The Labute approximate surface area is 408 Å². The number of pyridine rings is 2. The fourth-order valence-corrected chi connectivity index (χ4v) is 12.3. The molecule has 0 spiro atoms. The number of thiophene rings is 2. The van der Waals surface area contributed by atoms with E-state index in [1.807, 2.05) is 96.0 Å². The molecule has 6 aromatic rings. The molecule has 8 rings (SSSR count). The van der Waals surface area contributed by atoms with Crippen molar-refractivity contribution in [3.05, 3.63) is 117 Å². The van der Waals surface area contributed by atoms with Crippen molar-refractivity contribution in [2.45, 2.75) is 110 Å². The first-order chi connectivity index (χ1) is 32.9. The van der Waals surface area contributed by atoms with Crippen LogP contribution in [-0.4, -0.2) is 82.4 Å². The van der Waals surface area contributed by atoms with Crippen LogP contribution in [0.2, 0.25) is 0 Å². The molecule has 4 heterocycles. The molecule has 14 heteroatoms. The molecule has 12 nitrogen and oxygen atoms in total. The topological polar surface area (TPSA) is 154 Å². The van der Waals surface area contributed by atoms with Gasteiger partial charge in [0.15, 0.2) is 0 Å². The molecule has 2 atom stereocenters. The Balaban J connectivity index is 0.000000202. The van der Waals surface area contributed by atoms with Crippen molar-refractivity contribution in [2.24, 2.45) is 11.8 Å². The first-order valence-electron chi connectivity index (χ1n) is 24.2. The van der Waals surface area contributed by atoms with E-state index in [0.717, 1.165) is 11.4 Å². The Kier molecular flexibility index (Phi) is 17.6. The molecule has 0 bridgehead atoms. The highest BCUT2D eigenvalue weighted by atomic mass is 32.1. The van der Waals surface area contributed by atoms with Crippen molar-refractivity contribution >= 4 is 78.0 Å². The molecule has 2 aromatic carbocycles. The minimum Gasteiger partial charge on any atom is -0.481 e. The third kappa shape index (κ3) is 12.6. The number of nitrogens with zero attached hydrogens (tertiary/aromatic N) is 4. The van der Waals surface area contributed by atoms with E-state index in [1.165, 1.54) is 110 Å². The van der Waals surface area contributed by atoms with Gasteiger partial charge in [-0.2, -0.15) is 0 Å². The van der Waals surface area contributed by atoms with Gasteiger partial charge in [0, 0.05) is 104 Å². The van der Waals surface area contributed by atoms with E-state index in [-0.39, 0.29) is 49.3 Å². The second kappa shape index (κ2) is 23.9. The second-order valence-corrected chi connectivity index (χ2v) is 20.4. The average molecular weight is 959 g/mol. The summed E-state index contributed by atoms with van der Waals surface area (Å²) in [6, 6.07) is 19.9. The lowest BCUT2D eigenvalue weighted by Crippen LogP contribution is -2.29. The summed E-state index contributed by atoms with van der Waals surface area (Å²) in [5, 5.41) is 18.9. The van der Waals surface area contributed by atoms with Crippen LogP contribution in [-0.2, 0) is 14.3 Å². The van der Waals surface area contributed by atoms with Crippen LogP contribution in [0.4, 0.5) is 11.4 Å². The molecule has 360 valence electrons. The van der Waals surface area contributed by atoms with Crippen LogP contribution in [0.15, 0.2) is 85.5 Å². The zero-order valence-electron chi connectivity index (χ0n) is 40.1. The zero-order chi connectivity index (χ0) is 48.2. The number of carboxylic acids is 1. The van der Waals surface area contributed by atoms with E-state index in [0.29, 0.717) is 36.1 Å². The summed E-state index contributed by atoms with van der Waals surface area (Å²) < 4.78 is 7.51. The van der Waals surface area contributed by atoms with Gasteiger partial charge in [0.25, 0.3) is 11.8 Å². The maximum Gasteiger partial charge on any atom is 0.307 e. The predicted octanol–water partition coefficient (Wildman–Crippen LogP) is 12.2. The lowest BCUT2D eigenvalue weighted by Gasteiger charge is -2.32. The van der Waals surface area contributed by atoms with Gasteiger partial charge in [-0.3, -0.25) is 29.1 Å². The summed E-state index contributed by atoms with van der Waals surface area (Å²) in [5.41, 5.74) is 5.80. The minimum absolute atomic E-state index is 0.0605. The highest BCUT2D eigenvalue weighted by Gasteiger charge is 2.30. The number of benzene rings is 2. The van der Waals surface area contributed by atoms with Crippen LogP contribution in [0.1, 0.15) is 138 Å². The first-order valence-corrected chi connectivity index (χ1v) is 25.8. The third-order valence-corrected chi connectivity index (χ3v) is 16.3. The van der Waals surface area contributed by atoms with E-state index in [2.05, 4.69) is 46.6 Å². The Morgan fingerprint density at radius 2 is 1.06 bits per heavy atom. The van der Waals surface area contributed by atoms with E-state index in [1.54, 1.807) is 25.9 Å². The number of nitrogens with one attached hydrogen (secondary N) is 2. The van der Waals surface area contributed by atoms with Crippen molar-refractivity contribution in [3.8, 4) is 0 Å². The van der Waals surface area contributed by atoms with Gasteiger partial charge in [0.05, 0.1) is 31.5 Å². The number of aromatic nitrogens is 2. The number of esters is 1. The number of aliphatic carboxylic acids is 1. The van der Waals surface area contributed by atoms with Crippen LogP contribution >= 0.6 is 22.7 Å². The van der Waals surface area contributed by atoms with Gasteiger partial charge < -0.3 is 30.3 Å². The quantitative estimate of drug-likeness (QED) is 0.0753. The molecule has 68 heavy (non-hydrogen) atoms. The number of hydrogen-bond donors (Lipinski definition) is 3. The van der Waals surface area contributed by atoms with Gasteiger partial charge in [0.1, 0.15) is 0 Å². The summed E-state index contributed by atoms with van der Waals surface area (Å²) in [6.07, 6.45) is 20.4. The number of hydrogen-bond acceptors (Lipinski definition) is 11. The maximum absolute atomic E-state index is 12.8. The highest BCUT2D eigenvalue weighted by molar-refractivity contribution is 7.19. The highest BCUT2D eigenvalue weighted by Crippen LogP contribution is 2.45. The first kappa shape index (κ1) is 50.0.